The number of rotatable bonds is 6. The molecule has 0 amide bonds. The van der Waals surface area contributed by atoms with E-state index in [-0.39, 0.29) is 18.0 Å². The van der Waals surface area contributed by atoms with Crippen LogP contribution in [0.4, 0.5) is 0 Å². The molecule has 0 fully saturated rings. The highest BCUT2D eigenvalue weighted by Crippen LogP contribution is 2.20. The Bertz CT molecular complexity index is 575. The lowest BCUT2D eigenvalue weighted by Crippen LogP contribution is -2.32. The van der Waals surface area contributed by atoms with Gasteiger partial charge in [-0.1, -0.05) is 0 Å². The first-order valence-electron chi connectivity index (χ1n) is 5.79. The molecule has 0 spiro atoms. The Morgan fingerprint density at radius 3 is 2.53 bits per heavy atom. The number of carbonyl (C=O) groups is 1. The number of imidazole rings is 1. The highest BCUT2D eigenvalue weighted by Gasteiger charge is 2.28. The lowest BCUT2D eigenvalue weighted by atomic mass is 9.90. The van der Waals surface area contributed by atoms with Gasteiger partial charge in [0.25, 0.3) is 10.0 Å². The third kappa shape index (κ3) is 3.54. The summed E-state index contributed by atoms with van der Waals surface area (Å²) in [4.78, 5) is 14.8. The maximum absolute atomic E-state index is 12.0. The number of carboxylic acid groups (broad SMARTS) is 1. The SMILES string of the molecule is Cc1ncc(S(=O)(=O)NCCC(C)(C)C(=O)O)n1C. The van der Waals surface area contributed by atoms with Gasteiger partial charge in [0.15, 0.2) is 5.03 Å². The van der Waals surface area contributed by atoms with E-state index >= 15 is 0 Å². The monoisotopic (exact) mass is 289 g/mol. The molecule has 108 valence electrons. The number of aromatic nitrogens is 2. The number of sulfonamides is 1. The molecule has 1 aromatic heterocycles. The van der Waals surface area contributed by atoms with Crippen molar-refractivity contribution in [1.82, 2.24) is 14.3 Å². The van der Waals surface area contributed by atoms with Gasteiger partial charge in [-0.25, -0.2) is 18.1 Å². The third-order valence-corrected chi connectivity index (χ3v) is 4.59. The van der Waals surface area contributed by atoms with E-state index in [2.05, 4.69) is 9.71 Å². The summed E-state index contributed by atoms with van der Waals surface area (Å²) in [7, 11) is -2.05. The molecule has 1 rings (SSSR count). The second kappa shape index (κ2) is 5.30. The fourth-order valence-electron chi connectivity index (χ4n) is 1.41. The van der Waals surface area contributed by atoms with Crippen LogP contribution in [0, 0.1) is 12.3 Å². The Kier molecular flexibility index (Phi) is 4.36. The molecule has 19 heavy (non-hydrogen) atoms. The number of hydrogen-bond donors (Lipinski definition) is 2. The van der Waals surface area contributed by atoms with Gasteiger partial charge in [-0.2, -0.15) is 0 Å². The van der Waals surface area contributed by atoms with Crippen molar-refractivity contribution in [3.63, 3.8) is 0 Å². The molecule has 1 heterocycles. The van der Waals surface area contributed by atoms with Crippen molar-refractivity contribution in [3.8, 4) is 0 Å². The van der Waals surface area contributed by atoms with Gasteiger partial charge < -0.3 is 9.67 Å². The highest BCUT2D eigenvalue weighted by molar-refractivity contribution is 7.89. The molecule has 0 aromatic carbocycles. The predicted molar refractivity (Wildman–Crippen MR) is 69.2 cm³/mol. The van der Waals surface area contributed by atoms with Gasteiger partial charge in [0.1, 0.15) is 5.82 Å². The smallest absolute Gasteiger partial charge is 0.309 e. The van der Waals surface area contributed by atoms with E-state index in [4.69, 9.17) is 5.11 Å². The molecule has 8 heteroatoms. The molecule has 0 bridgehead atoms. The average Bonchev–Trinajstić information content (AvgIpc) is 2.59. The van der Waals surface area contributed by atoms with Crippen molar-refractivity contribution in [2.24, 2.45) is 12.5 Å². The quantitative estimate of drug-likeness (QED) is 0.794. The van der Waals surface area contributed by atoms with Crippen molar-refractivity contribution >= 4 is 16.0 Å². The van der Waals surface area contributed by atoms with E-state index in [0.29, 0.717) is 5.82 Å². The zero-order valence-electron chi connectivity index (χ0n) is 11.5. The predicted octanol–water partition coefficient (Wildman–Crippen LogP) is 0.508. The fraction of sp³-hybridized carbons (Fsp3) is 0.636. The lowest BCUT2D eigenvalue weighted by molar-refractivity contribution is -0.147. The maximum Gasteiger partial charge on any atom is 0.309 e. The third-order valence-electron chi connectivity index (χ3n) is 3.07. The number of aliphatic carboxylic acids is 1. The van der Waals surface area contributed by atoms with Gasteiger partial charge in [0, 0.05) is 13.6 Å². The second-order valence-corrected chi connectivity index (χ2v) is 6.75. The molecule has 0 aliphatic carbocycles. The van der Waals surface area contributed by atoms with E-state index in [0.717, 1.165) is 0 Å². The largest absolute Gasteiger partial charge is 0.481 e. The van der Waals surface area contributed by atoms with E-state index in [1.807, 2.05) is 0 Å². The molecule has 0 unspecified atom stereocenters. The highest BCUT2D eigenvalue weighted by atomic mass is 32.2. The number of nitrogens with one attached hydrogen (secondary N) is 1. The van der Waals surface area contributed by atoms with Gasteiger partial charge in [-0.3, -0.25) is 4.79 Å². The Morgan fingerprint density at radius 2 is 2.11 bits per heavy atom. The van der Waals surface area contributed by atoms with Crippen LogP contribution in [-0.4, -0.2) is 35.6 Å². The zero-order valence-corrected chi connectivity index (χ0v) is 12.3. The summed E-state index contributed by atoms with van der Waals surface area (Å²) >= 11 is 0. The molecule has 7 nitrogen and oxygen atoms in total. The Labute approximate surface area is 112 Å². The fourth-order valence-corrected chi connectivity index (χ4v) is 2.61. The van der Waals surface area contributed by atoms with Crippen LogP contribution >= 0.6 is 0 Å². The minimum absolute atomic E-state index is 0.0614. The molecule has 0 atom stereocenters. The minimum Gasteiger partial charge on any atom is -0.481 e. The molecule has 0 radical (unpaired) electrons. The average molecular weight is 289 g/mol. The lowest BCUT2D eigenvalue weighted by Gasteiger charge is -2.18. The Balaban J connectivity index is 2.73. The maximum atomic E-state index is 12.0. The van der Waals surface area contributed by atoms with Crippen LogP contribution in [0.3, 0.4) is 0 Å². The van der Waals surface area contributed by atoms with Gasteiger partial charge in [-0.15, -0.1) is 0 Å². The molecule has 0 aliphatic heterocycles. The molecule has 0 saturated carbocycles. The molecule has 1 aromatic rings. The van der Waals surface area contributed by atoms with Crippen LogP contribution in [-0.2, 0) is 21.9 Å². The summed E-state index contributed by atoms with van der Waals surface area (Å²) in [6.07, 6.45) is 1.48. The van der Waals surface area contributed by atoms with Crippen LogP contribution < -0.4 is 4.72 Å². The van der Waals surface area contributed by atoms with Crippen molar-refractivity contribution < 1.29 is 18.3 Å². The van der Waals surface area contributed by atoms with Crippen LogP contribution in [0.15, 0.2) is 11.2 Å². The Hall–Kier alpha value is -1.41. The normalized spacial score (nSPS) is 12.6. The van der Waals surface area contributed by atoms with Crippen molar-refractivity contribution in [2.75, 3.05) is 6.54 Å². The van der Waals surface area contributed by atoms with Crippen molar-refractivity contribution in [1.29, 1.82) is 0 Å². The molecule has 0 saturated heterocycles. The number of aryl methyl sites for hydroxylation is 1. The first kappa shape index (κ1) is 15.6. The summed E-state index contributed by atoms with van der Waals surface area (Å²) < 4.78 is 27.9. The standard InChI is InChI=1S/C11H19N3O4S/c1-8-12-7-9(14(8)4)19(17,18)13-6-5-11(2,3)10(15)16/h7,13H,5-6H2,1-4H3,(H,15,16). The first-order chi connectivity index (χ1) is 8.58. The van der Waals surface area contributed by atoms with Crippen LogP contribution in [0.1, 0.15) is 26.1 Å². The molecular weight excluding hydrogens is 270 g/mol. The van der Waals surface area contributed by atoms with Crippen molar-refractivity contribution in [3.05, 3.63) is 12.0 Å². The zero-order chi connectivity index (χ0) is 14.8. The summed E-state index contributed by atoms with van der Waals surface area (Å²) in [6.45, 7) is 4.87. The van der Waals surface area contributed by atoms with Crippen LogP contribution in [0.2, 0.25) is 0 Å². The minimum atomic E-state index is -3.66. The van der Waals surface area contributed by atoms with E-state index in [1.165, 1.54) is 10.8 Å². The van der Waals surface area contributed by atoms with Gasteiger partial charge in [0.05, 0.1) is 11.6 Å². The summed E-state index contributed by atoms with van der Waals surface area (Å²) in [6, 6.07) is 0. The summed E-state index contributed by atoms with van der Waals surface area (Å²) in [5, 5.41) is 9.01. The molecule has 2 N–H and O–H groups in total. The second-order valence-electron chi connectivity index (χ2n) is 5.04. The Morgan fingerprint density at radius 1 is 1.53 bits per heavy atom. The topological polar surface area (TPSA) is 101 Å². The number of hydrogen-bond acceptors (Lipinski definition) is 4. The van der Waals surface area contributed by atoms with Gasteiger partial charge in [0.2, 0.25) is 0 Å². The van der Waals surface area contributed by atoms with Crippen LogP contribution in [0.5, 0.6) is 0 Å². The van der Waals surface area contributed by atoms with Crippen LogP contribution in [0.25, 0.3) is 0 Å². The number of nitrogens with zero attached hydrogens (tertiary/aromatic N) is 2. The molecule has 0 aliphatic rings. The summed E-state index contributed by atoms with van der Waals surface area (Å²) in [5.74, 6) is -0.366. The van der Waals surface area contributed by atoms with E-state index in [9.17, 15) is 13.2 Å². The first-order valence-corrected chi connectivity index (χ1v) is 7.27. The van der Waals surface area contributed by atoms with Gasteiger partial charge in [-0.05, 0) is 27.2 Å². The molecular formula is C11H19N3O4S. The van der Waals surface area contributed by atoms with E-state index in [1.54, 1.807) is 27.8 Å². The van der Waals surface area contributed by atoms with E-state index < -0.39 is 21.4 Å². The van der Waals surface area contributed by atoms with Gasteiger partial charge >= 0.3 is 5.97 Å². The summed E-state index contributed by atoms with van der Waals surface area (Å²) in [5.41, 5.74) is -0.967. The van der Waals surface area contributed by atoms with Crippen molar-refractivity contribution in [2.45, 2.75) is 32.2 Å². The number of carboxylic acids is 1.